The van der Waals surface area contributed by atoms with Gasteiger partial charge in [0, 0.05) is 38.4 Å². The van der Waals surface area contributed by atoms with Crippen LogP contribution in [0.4, 0.5) is 5.69 Å². The molecule has 0 aromatic heterocycles. The highest BCUT2D eigenvalue weighted by molar-refractivity contribution is 7.91. The first-order valence-corrected chi connectivity index (χ1v) is 10.4. The molecule has 1 fully saturated rings. The highest BCUT2D eigenvalue weighted by Crippen LogP contribution is 2.28. The number of anilines is 1. The van der Waals surface area contributed by atoms with Gasteiger partial charge in [-0.05, 0) is 24.9 Å². The van der Waals surface area contributed by atoms with Crippen LogP contribution in [-0.4, -0.2) is 75.4 Å². The molecule has 0 spiro atoms. The zero-order valence-electron chi connectivity index (χ0n) is 14.6. The van der Waals surface area contributed by atoms with E-state index in [9.17, 15) is 13.2 Å². The van der Waals surface area contributed by atoms with Gasteiger partial charge in [0.2, 0.25) is 5.91 Å². The maximum atomic E-state index is 12.3. The van der Waals surface area contributed by atoms with E-state index in [0.717, 1.165) is 37.4 Å². The zero-order chi connectivity index (χ0) is 17.9. The lowest BCUT2D eigenvalue weighted by Crippen LogP contribution is -2.41. The number of sulfone groups is 1. The van der Waals surface area contributed by atoms with Gasteiger partial charge < -0.3 is 14.7 Å². The molecule has 0 bridgehead atoms. The molecule has 0 atom stereocenters. The second-order valence-corrected chi connectivity index (χ2v) is 8.92. The predicted octanol–water partition coefficient (Wildman–Crippen LogP) is 0.752. The van der Waals surface area contributed by atoms with E-state index in [1.807, 2.05) is 30.5 Å². The van der Waals surface area contributed by atoms with Crippen molar-refractivity contribution in [2.75, 3.05) is 56.2 Å². The Morgan fingerprint density at radius 3 is 2.60 bits per heavy atom. The quantitative estimate of drug-likeness (QED) is 0.747. The maximum Gasteiger partial charge on any atom is 0.231 e. The summed E-state index contributed by atoms with van der Waals surface area (Å²) in [5.74, 6) is -0.0206. The Labute approximate surface area is 149 Å². The number of carbonyl (C=O) groups is 1. The van der Waals surface area contributed by atoms with Crippen molar-refractivity contribution >= 4 is 21.4 Å². The minimum atomic E-state index is -3.22. The number of nitrogens with zero attached hydrogens (tertiary/aromatic N) is 3. The molecular weight excluding hydrogens is 338 g/mol. The fraction of sp³-hybridized carbons (Fsp3) is 0.500. The first-order chi connectivity index (χ1) is 11.9. The molecule has 2 heterocycles. The fourth-order valence-electron chi connectivity index (χ4n) is 3.18. The molecule has 1 amide bonds. The van der Waals surface area contributed by atoms with Crippen LogP contribution < -0.4 is 4.90 Å². The summed E-state index contributed by atoms with van der Waals surface area (Å²) in [6.07, 6.45) is 3.97. The average molecular weight is 363 g/mol. The summed E-state index contributed by atoms with van der Waals surface area (Å²) in [5, 5.41) is 0. The van der Waals surface area contributed by atoms with Crippen LogP contribution in [0.1, 0.15) is 5.56 Å². The molecule has 1 aromatic rings. The van der Waals surface area contributed by atoms with Gasteiger partial charge in [-0.2, -0.15) is 0 Å². The van der Waals surface area contributed by atoms with Crippen LogP contribution >= 0.6 is 0 Å². The molecule has 2 aliphatic rings. The van der Waals surface area contributed by atoms with Crippen molar-refractivity contribution in [3.05, 3.63) is 42.1 Å². The second-order valence-electron chi connectivity index (χ2n) is 6.69. The van der Waals surface area contributed by atoms with Gasteiger partial charge >= 0.3 is 0 Å². The van der Waals surface area contributed by atoms with Crippen molar-refractivity contribution < 1.29 is 13.2 Å². The first-order valence-electron chi connectivity index (χ1n) is 8.62. The summed E-state index contributed by atoms with van der Waals surface area (Å²) in [6.45, 7) is 4.06. The van der Waals surface area contributed by atoms with E-state index >= 15 is 0 Å². The van der Waals surface area contributed by atoms with E-state index < -0.39 is 9.84 Å². The van der Waals surface area contributed by atoms with Gasteiger partial charge in [0.15, 0.2) is 9.84 Å². The van der Waals surface area contributed by atoms with E-state index in [0.29, 0.717) is 6.42 Å². The third-order valence-corrected chi connectivity index (χ3v) is 6.26. The molecule has 6 nitrogen and oxygen atoms in total. The average Bonchev–Trinajstić information content (AvgIpc) is 2.90. The summed E-state index contributed by atoms with van der Waals surface area (Å²) in [6, 6.07) is 7.56. The van der Waals surface area contributed by atoms with Crippen LogP contribution in [-0.2, 0) is 21.1 Å². The standard InChI is InChI=1S/C18H25N3O3S/c1-19-8-10-20(11-9-19)7-4-13-25(23,24)14-12-21-17-6-3-2-5-16(17)15-18(21)22/h2-7H,8-15H2,1H3. The molecule has 2 aliphatic heterocycles. The Morgan fingerprint density at radius 1 is 1.12 bits per heavy atom. The zero-order valence-corrected chi connectivity index (χ0v) is 15.4. The molecular formula is C18H25N3O3S. The molecule has 0 unspecified atom stereocenters. The second kappa shape index (κ2) is 7.58. The minimum absolute atomic E-state index is 0.0137. The van der Waals surface area contributed by atoms with Crippen LogP contribution in [0.25, 0.3) is 0 Å². The van der Waals surface area contributed by atoms with E-state index in [2.05, 4.69) is 16.8 Å². The van der Waals surface area contributed by atoms with Gasteiger partial charge in [0.25, 0.3) is 0 Å². The molecule has 0 N–H and O–H groups in total. The lowest BCUT2D eigenvalue weighted by molar-refractivity contribution is -0.117. The summed E-state index contributed by atoms with van der Waals surface area (Å²) < 4.78 is 24.6. The molecule has 3 rings (SSSR count). The van der Waals surface area contributed by atoms with Gasteiger partial charge in [-0.1, -0.05) is 24.3 Å². The number of carbonyl (C=O) groups excluding carboxylic acids is 1. The predicted molar refractivity (Wildman–Crippen MR) is 99.4 cm³/mol. The first kappa shape index (κ1) is 17.9. The van der Waals surface area contributed by atoms with Crippen LogP contribution in [0.5, 0.6) is 0 Å². The lowest BCUT2D eigenvalue weighted by Gasteiger charge is -2.31. The topological polar surface area (TPSA) is 60.9 Å². The van der Waals surface area contributed by atoms with Crippen molar-refractivity contribution in [3.63, 3.8) is 0 Å². The van der Waals surface area contributed by atoms with Gasteiger partial charge in [-0.25, -0.2) is 8.42 Å². The SMILES string of the molecule is CN1CCN(C=CCS(=O)(=O)CCN2C(=O)Cc3ccccc32)CC1. The Bertz CT molecular complexity index is 753. The highest BCUT2D eigenvalue weighted by Gasteiger charge is 2.27. The molecule has 1 aromatic carbocycles. The number of likely N-dealkylation sites (N-methyl/N-ethyl adjacent to an activating group) is 1. The van der Waals surface area contributed by atoms with Gasteiger partial charge in [-0.15, -0.1) is 0 Å². The van der Waals surface area contributed by atoms with E-state index in [1.165, 1.54) is 0 Å². The number of rotatable bonds is 6. The maximum absolute atomic E-state index is 12.3. The summed E-state index contributed by atoms with van der Waals surface area (Å²) >= 11 is 0. The van der Waals surface area contributed by atoms with Gasteiger partial charge in [-0.3, -0.25) is 4.79 Å². The number of benzene rings is 1. The van der Waals surface area contributed by atoms with Gasteiger partial charge in [0.1, 0.15) is 0 Å². The molecule has 0 saturated carbocycles. The Kier molecular flexibility index (Phi) is 5.44. The molecule has 25 heavy (non-hydrogen) atoms. The van der Waals surface area contributed by atoms with Crippen molar-refractivity contribution in [2.45, 2.75) is 6.42 Å². The molecule has 0 radical (unpaired) electrons. The number of hydrogen-bond acceptors (Lipinski definition) is 5. The third-order valence-electron chi connectivity index (χ3n) is 4.76. The van der Waals surface area contributed by atoms with Crippen molar-refractivity contribution in [2.24, 2.45) is 0 Å². The number of piperazine rings is 1. The van der Waals surface area contributed by atoms with E-state index in [-0.39, 0.29) is 24.0 Å². The Hall–Kier alpha value is -1.86. The number of fused-ring (bicyclic) bond motifs is 1. The van der Waals surface area contributed by atoms with Crippen molar-refractivity contribution in [1.82, 2.24) is 9.80 Å². The smallest absolute Gasteiger partial charge is 0.231 e. The third kappa shape index (κ3) is 4.61. The summed E-state index contributed by atoms with van der Waals surface area (Å²) in [7, 11) is -1.14. The molecule has 7 heteroatoms. The van der Waals surface area contributed by atoms with Crippen molar-refractivity contribution in [1.29, 1.82) is 0 Å². The number of hydrogen-bond donors (Lipinski definition) is 0. The Balaban J connectivity index is 1.51. The molecule has 136 valence electrons. The largest absolute Gasteiger partial charge is 0.375 e. The monoisotopic (exact) mass is 363 g/mol. The molecule has 0 aliphatic carbocycles. The van der Waals surface area contributed by atoms with E-state index in [4.69, 9.17) is 0 Å². The molecule has 1 saturated heterocycles. The van der Waals surface area contributed by atoms with E-state index in [1.54, 1.807) is 11.0 Å². The van der Waals surface area contributed by atoms with Crippen LogP contribution in [0.3, 0.4) is 0 Å². The number of para-hydroxylation sites is 1. The normalized spacial score (nSPS) is 19.0. The lowest BCUT2D eigenvalue weighted by atomic mass is 10.2. The fourth-order valence-corrected chi connectivity index (χ4v) is 4.19. The minimum Gasteiger partial charge on any atom is -0.375 e. The highest BCUT2D eigenvalue weighted by atomic mass is 32.2. The van der Waals surface area contributed by atoms with Crippen LogP contribution in [0, 0.1) is 0 Å². The summed E-state index contributed by atoms with van der Waals surface area (Å²) in [5.41, 5.74) is 1.82. The van der Waals surface area contributed by atoms with Gasteiger partial charge in [0.05, 0.1) is 17.9 Å². The van der Waals surface area contributed by atoms with Crippen molar-refractivity contribution in [3.8, 4) is 0 Å². The number of amides is 1. The summed E-state index contributed by atoms with van der Waals surface area (Å²) in [4.78, 5) is 18.1. The Morgan fingerprint density at radius 2 is 1.84 bits per heavy atom. The van der Waals surface area contributed by atoms with Crippen LogP contribution in [0.15, 0.2) is 36.5 Å². The van der Waals surface area contributed by atoms with Crippen LogP contribution in [0.2, 0.25) is 0 Å².